The van der Waals surface area contributed by atoms with Crippen molar-refractivity contribution in [2.24, 2.45) is 4.99 Å². The van der Waals surface area contributed by atoms with Crippen LogP contribution in [0.25, 0.3) is 0 Å². The van der Waals surface area contributed by atoms with Gasteiger partial charge in [-0.05, 0) is 49.2 Å². The normalized spacial score (nSPS) is 15.2. The molecule has 0 fully saturated rings. The van der Waals surface area contributed by atoms with Gasteiger partial charge in [0, 0.05) is 18.7 Å². The fourth-order valence-electron chi connectivity index (χ4n) is 2.80. The molecule has 2 N–H and O–H groups in total. The number of anilines is 1. The number of aliphatic imine (C=N–C) groups is 1. The molecule has 0 spiro atoms. The quantitative estimate of drug-likeness (QED) is 0.668. The summed E-state index contributed by atoms with van der Waals surface area (Å²) in [6.07, 6.45) is 3.18. The highest BCUT2D eigenvalue weighted by Crippen LogP contribution is 2.23. The predicted molar refractivity (Wildman–Crippen MR) is 105 cm³/mol. The molecule has 0 radical (unpaired) electrons. The highest BCUT2D eigenvalue weighted by Gasteiger charge is 2.24. The standard InChI is InChI=1S/C18H18F3N3O4S2/c19-14-9-10-15(18(21)17(14)20)30(27,28)23-12-5-7-13(8-6-12)29(25,26)24-16-4-2-1-3-11-22-16/h5-10,23H,1-4,11H2,(H,22,24). The smallest absolute Gasteiger partial charge is 0.264 e. The lowest BCUT2D eigenvalue weighted by atomic mass is 10.2. The van der Waals surface area contributed by atoms with Crippen LogP contribution >= 0.6 is 0 Å². The van der Waals surface area contributed by atoms with Gasteiger partial charge in [-0.15, -0.1) is 0 Å². The van der Waals surface area contributed by atoms with Crippen LogP contribution in [0.3, 0.4) is 0 Å². The fraction of sp³-hybridized carbons (Fsp3) is 0.278. The molecule has 0 saturated heterocycles. The van der Waals surface area contributed by atoms with E-state index in [4.69, 9.17) is 0 Å². The highest BCUT2D eigenvalue weighted by molar-refractivity contribution is 7.92. The Labute approximate surface area is 172 Å². The summed E-state index contributed by atoms with van der Waals surface area (Å²) in [6.45, 7) is 0.541. The van der Waals surface area contributed by atoms with E-state index in [1.807, 2.05) is 4.72 Å². The lowest BCUT2D eigenvalue weighted by molar-refractivity contribution is 0.432. The van der Waals surface area contributed by atoms with Gasteiger partial charge in [0.1, 0.15) is 10.7 Å². The lowest BCUT2D eigenvalue weighted by Gasteiger charge is -2.12. The molecule has 30 heavy (non-hydrogen) atoms. The zero-order chi connectivity index (χ0) is 21.9. The van der Waals surface area contributed by atoms with Crippen molar-refractivity contribution in [2.75, 3.05) is 11.3 Å². The molecule has 0 bridgehead atoms. The molecule has 2 aromatic carbocycles. The van der Waals surface area contributed by atoms with Gasteiger partial charge in [-0.25, -0.2) is 30.0 Å². The number of halogens is 3. The summed E-state index contributed by atoms with van der Waals surface area (Å²) >= 11 is 0. The maximum Gasteiger partial charge on any atom is 0.264 e. The highest BCUT2D eigenvalue weighted by atomic mass is 32.2. The maximum absolute atomic E-state index is 13.8. The Bertz CT molecular complexity index is 1180. The number of amidine groups is 1. The summed E-state index contributed by atoms with van der Waals surface area (Å²) in [7, 11) is -8.49. The topological polar surface area (TPSA) is 105 Å². The first-order valence-corrected chi connectivity index (χ1v) is 11.9. The Kier molecular flexibility index (Phi) is 6.36. The minimum Gasteiger partial charge on any atom is -0.280 e. The van der Waals surface area contributed by atoms with Gasteiger partial charge < -0.3 is 0 Å². The van der Waals surface area contributed by atoms with Crippen LogP contribution in [-0.2, 0) is 20.0 Å². The van der Waals surface area contributed by atoms with Crippen LogP contribution in [0, 0.1) is 17.5 Å². The van der Waals surface area contributed by atoms with E-state index >= 15 is 0 Å². The zero-order valence-electron chi connectivity index (χ0n) is 15.5. The Morgan fingerprint density at radius 3 is 2.17 bits per heavy atom. The van der Waals surface area contributed by atoms with Crippen molar-refractivity contribution in [2.45, 2.75) is 35.5 Å². The van der Waals surface area contributed by atoms with Gasteiger partial charge in [0.2, 0.25) is 0 Å². The van der Waals surface area contributed by atoms with Crippen LogP contribution in [0.2, 0.25) is 0 Å². The molecule has 12 heteroatoms. The van der Waals surface area contributed by atoms with Crippen molar-refractivity contribution in [3.63, 3.8) is 0 Å². The summed E-state index contributed by atoms with van der Waals surface area (Å²) in [5, 5.41) is 0. The number of hydrogen-bond donors (Lipinski definition) is 2. The van der Waals surface area contributed by atoms with Crippen molar-refractivity contribution in [1.82, 2.24) is 4.72 Å². The summed E-state index contributed by atoms with van der Waals surface area (Å²) in [5.41, 5.74) is -0.0927. The van der Waals surface area contributed by atoms with Crippen molar-refractivity contribution < 1.29 is 30.0 Å². The molecule has 0 saturated carbocycles. The van der Waals surface area contributed by atoms with Crippen molar-refractivity contribution in [3.8, 4) is 0 Å². The molecule has 1 aliphatic heterocycles. The number of nitrogens with one attached hydrogen (secondary N) is 2. The van der Waals surface area contributed by atoms with Gasteiger partial charge in [-0.1, -0.05) is 6.42 Å². The molecular formula is C18H18F3N3O4S2. The van der Waals surface area contributed by atoms with Crippen LogP contribution in [0.1, 0.15) is 25.7 Å². The first-order valence-electron chi connectivity index (χ1n) is 8.93. The van der Waals surface area contributed by atoms with Crippen LogP contribution in [-0.4, -0.2) is 29.2 Å². The molecule has 0 aromatic heterocycles. The van der Waals surface area contributed by atoms with E-state index in [1.165, 1.54) is 0 Å². The monoisotopic (exact) mass is 461 g/mol. The van der Waals surface area contributed by atoms with Gasteiger partial charge >= 0.3 is 0 Å². The lowest BCUT2D eigenvalue weighted by Crippen LogP contribution is -2.30. The second-order valence-electron chi connectivity index (χ2n) is 6.55. The molecule has 0 amide bonds. The molecule has 1 heterocycles. The largest absolute Gasteiger partial charge is 0.280 e. The van der Waals surface area contributed by atoms with Gasteiger partial charge in [0.05, 0.1) is 4.90 Å². The van der Waals surface area contributed by atoms with E-state index < -0.39 is 42.4 Å². The Balaban J connectivity index is 1.78. The van der Waals surface area contributed by atoms with E-state index in [-0.39, 0.29) is 10.6 Å². The van der Waals surface area contributed by atoms with E-state index in [0.29, 0.717) is 30.9 Å². The van der Waals surface area contributed by atoms with Gasteiger partial charge in [0.15, 0.2) is 17.5 Å². The molecule has 7 nitrogen and oxygen atoms in total. The summed E-state index contributed by atoms with van der Waals surface area (Å²) < 4.78 is 94.1. The molecule has 3 rings (SSSR count). The minimum atomic E-state index is -4.57. The molecule has 1 aliphatic rings. The predicted octanol–water partition coefficient (Wildman–Crippen LogP) is 3.16. The molecule has 0 aliphatic carbocycles. The van der Waals surface area contributed by atoms with Gasteiger partial charge in [-0.2, -0.15) is 0 Å². The third kappa shape index (κ3) is 4.93. The van der Waals surface area contributed by atoms with Crippen molar-refractivity contribution in [1.29, 1.82) is 0 Å². The number of rotatable bonds is 5. The van der Waals surface area contributed by atoms with E-state index in [1.54, 1.807) is 0 Å². The van der Waals surface area contributed by atoms with Crippen LogP contribution in [0.4, 0.5) is 18.9 Å². The second kappa shape index (κ2) is 8.64. The SMILES string of the molecule is O=S(=O)(NC1=NCCCCC1)c1ccc(NS(=O)(=O)c2ccc(F)c(F)c2F)cc1. The third-order valence-electron chi connectivity index (χ3n) is 4.33. The van der Waals surface area contributed by atoms with Crippen molar-refractivity contribution >= 4 is 31.6 Å². The summed E-state index contributed by atoms with van der Waals surface area (Å²) in [4.78, 5) is 2.99. The summed E-state index contributed by atoms with van der Waals surface area (Å²) in [5.74, 6) is -4.92. The number of nitrogens with zero attached hydrogens (tertiary/aromatic N) is 1. The maximum atomic E-state index is 13.8. The first kappa shape index (κ1) is 22.1. The Hall–Kier alpha value is -2.60. The average molecular weight is 461 g/mol. The van der Waals surface area contributed by atoms with Gasteiger partial charge in [0.25, 0.3) is 20.0 Å². The number of hydrogen-bond acceptors (Lipinski definition) is 5. The zero-order valence-corrected chi connectivity index (χ0v) is 17.2. The molecule has 0 atom stereocenters. The van der Waals surface area contributed by atoms with E-state index in [9.17, 15) is 30.0 Å². The summed E-state index contributed by atoms with van der Waals surface area (Å²) in [6, 6.07) is 5.69. The molecule has 162 valence electrons. The first-order chi connectivity index (χ1) is 14.1. The Morgan fingerprint density at radius 1 is 0.767 bits per heavy atom. The number of sulfonamides is 2. The molecule has 2 aromatic rings. The number of benzene rings is 2. The molecule has 0 unspecified atom stereocenters. The van der Waals surface area contributed by atoms with Crippen LogP contribution in [0.15, 0.2) is 51.2 Å². The Morgan fingerprint density at radius 2 is 1.47 bits per heavy atom. The minimum absolute atomic E-state index is 0.0927. The van der Waals surface area contributed by atoms with E-state index in [0.717, 1.165) is 43.5 Å². The third-order valence-corrected chi connectivity index (χ3v) is 7.13. The fourth-order valence-corrected chi connectivity index (χ4v) is 5.02. The van der Waals surface area contributed by atoms with E-state index in [2.05, 4.69) is 9.71 Å². The van der Waals surface area contributed by atoms with Crippen molar-refractivity contribution in [3.05, 3.63) is 53.8 Å². The average Bonchev–Trinajstić information content (AvgIpc) is 2.94. The van der Waals surface area contributed by atoms with Crippen LogP contribution in [0.5, 0.6) is 0 Å². The van der Waals surface area contributed by atoms with Crippen LogP contribution < -0.4 is 9.44 Å². The molecular weight excluding hydrogens is 443 g/mol. The second-order valence-corrected chi connectivity index (χ2v) is 9.88. The van der Waals surface area contributed by atoms with Gasteiger partial charge in [-0.3, -0.25) is 14.4 Å².